The van der Waals surface area contributed by atoms with E-state index in [2.05, 4.69) is 15.9 Å². The monoisotopic (exact) mass is 342 g/mol. The van der Waals surface area contributed by atoms with Crippen LogP contribution in [-0.4, -0.2) is 6.29 Å². The summed E-state index contributed by atoms with van der Waals surface area (Å²) in [6, 6.07) is 9.44. The molecular formula is C14H9BrClFO2. The SMILES string of the molecule is O=Cc1ccc(OCc2ccc(F)c(Cl)c2)c(Br)c1. The van der Waals surface area contributed by atoms with Gasteiger partial charge in [-0.2, -0.15) is 0 Å². The van der Waals surface area contributed by atoms with Crippen LogP contribution in [0, 0.1) is 5.82 Å². The number of hydrogen-bond acceptors (Lipinski definition) is 2. The van der Waals surface area contributed by atoms with Crippen molar-refractivity contribution in [3.8, 4) is 5.75 Å². The Morgan fingerprint density at radius 3 is 2.68 bits per heavy atom. The molecule has 0 amide bonds. The summed E-state index contributed by atoms with van der Waals surface area (Å²) in [7, 11) is 0. The average Bonchev–Trinajstić information content (AvgIpc) is 2.41. The van der Waals surface area contributed by atoms with Crippen molar-refractivity contribution in [1.82, 2.24) is 0 Å². The molecule has 0 heterocycles. The smallest absolute Gasteiger partial charge is 0.150 e. The van der Waals surface area contributed by atoms with E-state index >= 15 is 0 Å². The molecule has 19 heavy (non-hydrogen) atoms. The molecule has 98 valence electrons. The lowest BCUT2D eigenvalue weighted by Crippen LogP contribution is -1.97. The van der Waals surface area contributed by atoms with Gasteiger partial charge in [0.05, 0.1) is 9.50 Å². The van der Waals surface area contributed by atoms with Crippen LogP contribution in [0.5, 0.6) is 5.75 Å². The van der Waals surface area contributed by atoms with Crippen LogP contribution in [0.15, 0.2) is 40.9 Å². The third-order valence-electron chi connectivity index (χ3n) is 2.47. The van der Waals surface area contributed by atoms with E-state index in [-0.39, 0.29) is 11.6 Å². The Bertz CT molecular complexity index is 616. The molecule has 0 bridgehead atoms. The van der Waals surface area contributed by atoms with Crippen LogP contribution in [-0.2, 0) is 6.61 Å². The molecule has 0 saturated carbocycles. The molecule has 0 saturated heterocycles. The van der Waals surface area contributed by atoms with Crippen molar-refractivity contribution in [2.45, 2.75) is 6.61 Å². The zero-order valence-electron chi connectivity index (χ0n) is 9.70. The Balaban J connectivity index is 2.09. The summed E-state index contributed by atoms with van der Waals surface area (Å²) in [5, 5.41) is 0.0662. The van der Waals surface area contributed by atoms with Gasteiger partial charge in [0.1, 0.15) is 24.5 Å². The van der Waals surface area contributed by atoms with Crippen LogP contribution in [0.1, 0.15) is 15.9 Å². The number of rotatable bonds is 4. The number of benzene rings is 2. The minimum atomic E-state index is -0.457. The Morgan fingerprint density at radius 1 is 1.26 bits per heavy atom. The highest BCUT2D eigenvalue weighted by Gasteiger charge is 2.05. The zero-order chi connectivity index (χ0) is 13.8. The Labute approximate surface area is 123 Å². The maximum Gasteiger partial charge on any atom is 0.150 e. The molecule has 2 aromatic rings. The Hall–Kier alpha value is -1.39. The quantitative estimate of drug-likeness (QED) is 0.756. The van der Waals surface area contributed by atoms with Crippen LogP contribution < -0.4 is 4.74 Å². The second-order valence-corrected chi connectivity index (χ2v) is 5.11. The van der Waals surface area contributed by atoms with E-state index in [9.17, 15) is 9.18 Å². The third-order valence-corrected chi connectivity index (χ3v) is 3.38. The number of aldehydes is 1. The van der Waals surface area contributed by atoms with Crippen molar-refractivity contribution < 1.29 is 13.9 Å². The summed E-state index contributed by atoms with van der Waals surface area (Å²) < 4.78 is 19.3. The van der Waals surface area contributed by atoms with Crippen LogP contribution >= 0.6 is 27.5 Å². The molecule has 0 N–H and O–H groups in total. The van der Waals surface area contributed by atoms with Crippen LogP contribution in [0.4, 0.5) is 4.39 Å². The highest BCUT2D eigenvalue weighted by atomic mass is 79.9. The maximum absolute atomic E-state index is 13.0. The molecule has 0 aliphatic rings. The van der Waals surface area contributed by atoms with E-state index in [0.717, 1.165) is 11.8 Å². The summed E-state index contributed by atoms with van der Waals surface area (Å²) in [6.07, 6.45) is 0.758. The molecule has 0 aromatic heterocycles. The van der Waals surface area contributed by atoms with Gasteiger partial charge < -0.3 is 4.74 Å². The largest absolute Gasteiger partial charge is 0.488 e. The van der Waals surface area contributed by atoms with Crippen molar-refractivity contribution in [2.24, 2.45) is 0 Å². The van der Waals surface area contributed by atoms with E-state index in [1.54, 1.807) is 24.3 Å². The van der Waals surface area contributed by atoms with Crippen molar-refractivity contribution >= 4 is 33.8 Å². The van der Waals surface area contributed by atoms with Gasteiger partial charge in [-0.05, 0) is 51.8 Å². The lowest BCUT2D eigenvalue weighted by Gasteiger charge is -2.09. The van der Waals surface area contributed by atoms with Gasteiger partial charge in [-0.25, -0.2) is 4.39 Å². The molecule has 0 aliphatic carbocycles. The topological polar surface area (TPSA) is 26.3 Å². The first-order chi connectivity index (χ1) is 9.10. The van der Waals surface area contributed by atoms with Gasteiger partial charge in [0, 0.05) is 5.56 Å². The van der Waals surface area contributed by atoms with Crippen LogP contribution in [0.2, 0.25) is 5.02 Å². The van der Waals surface area contributed by atoms with Crippen molar-refractivity contribution in [3.05, 3.63) is 62.8 Å². The van der Waals surface area contributed by atoms with Gasteiger partial charge in [0.2, 0.25) is 0 Å². The molecule has 0 unspecified atom stereocenters. The summed E-state index contributed by atoms with van der Waals surface area (Å²) in [5.74, 6) is 0.146. The first kappa shape index (κ1) is 14.0. The average molecular weight is 344 g/mol. The van der Waals surface area contributed by atoms with Gasteiger partial charge >= 0.3 is 0 Å². The van der Waals surface area contributed by atoms with E-state index in [4.69, 9.17) is 16.3 Å². The standard InChI is InChI=1S/C14H9BrClFO2/c15-11-5-9(7-18)2-4-14(11)19-8-10-1-3-13(17)12(16)6-10/h1-7H,8H2. The zero-order valence-corrected chi connectivity index (χ0v) is 12.0. The number of carbonyl (C=O) groups is 1. The molecule has 5 heteroatoms. The minimum Gasteiger partial charge on any atom is -0.488 e. The molecule has 0 atom stereocenters. The molecule has 2 nitrogen and oxygen atoms in total. The predicted molar refractivity (Wildman–Crippen MR) is 75.3 cm³/mol. The summed E-state index contributed by atoms with van der Waals surface area (Å²) in [4.78, 5) is 10.6. The van der Waals surface area contributed by atoms with E-state index in [0.29, 0.717) is 15.8 Å². The van der Waals surface area contributed by atoms with Crippen LogP contribution in [0.25, 0.3) is 0 Å². The normalized spacial score (nSPS) is 10.3. The van der Waals surface area contributed by atoms with Gasteiger partial charge in [0.25, 0.3) is 0 Å². The first-order valence-electron chi connectivity index (χ1n) is 5.41. The third kappa shape index (κ3) is 3.55. The van der Waals surface area contributed by atoms with Crippen LogP contribution in [0.3, 0.4) is 0 Å². The van der Waals surface area contributed by atoms with Gasteiger partial charge in [-0.1, -0.05) is 17.7 Å². The summed E-state index contributed by atoms with van der Waals surface area (Å²) in [5.41, 5.74) is 1.32. The highest BCUT2D eigenvalue weighted by molar-refractivity contribution is 9.10. The fourth-order valence-corrected chi connectivity index (χ4v) is 2.21. The van der Waals surface area contributed by atoms with E-state index < -0.39 is 5.82 Å². The Morgan fingerprint density at radius 2 is 2.05 bits per heavy atom. The van der Waals surface area contributed by atoms with E-state index in [1.807, 2.05) is 0 Å². The number of halogens is 3. The lowest BCUT2D eigenvalue weighted by molar-refractivity contribution is 0.112. The fraction of sp³-hybridized carbons (Fsp3) is 0.0714. The summed E-state index contributed by atoms with van der Waals surface area (Å²) in [6.45, 7) is 0.263. The molecule has 0 fully saturated rings. The van der Waals surface area contributed by atoms with Crippen molar-refractivity contribution in [1.29, 1.82) is 0 Å². The predicted octanol–water partition coefficient (Wildman–Crippen LogP) is 4.63. The maximum atomic E-state index is 13.0. The molecule has 0 spiro atoms. The number of ether oxygens (including phenoxy) is 1. The van der Waals surface area contributed by atoms with E-state index in [1.165, 1.54) is 12.1 Å². The Kier molecular flexibility index (Phi) is 4.56. The fourth-order valence-electron chi connectivity index (χ4n) is 1.50. The molecule has 2 rings (SSSR count). The molecule has 2 aromatic carbocycles. The number of hydrogen-bond donors (Lipinski definition) is 0. The van der Waals surface area contributed by atoms with Crippen molar-refractivity contribution in [3.63, 3.8) is 0 Å². The van der Waals surface area contributed by atoms with Gasteiger partial charge in [-0.15, -0.1) is 0 Å². The molecule has 0 aliphatic heterocycles. The molecule has 0 radical (unpaired) electrons. The minimum absolute atomic E-state index is 0.0662. The second kappa shape index (κ2) is 6.17. The molecular weight excluding hydrogens is 335 g/mol. The lowest BCUT2D eigenvalue weighted by atomic mass is 10.2. The first-order valence-corrected chi connectivity index (χ1v) is 6.58. The van der Waals surface area contributed by atoms with Gasteiger partial charge in [0.15, 0.2) is 0 Å². The summed E-state index contributed by atoms with van der Waals surface area (Å²) >= 11 is 9.01. The van der Waals surface area contributed by atoms with Gasteiger partial charge in [-0.3, -0.25) is 4.79 Å². The highest BCUT2D eigenvalue weighted by Crippen LogP contribution is 2.26. The van der Waals surface area contributed by atoms with Crippen molar-refractivity contribution in [2.75, 3.05) is 0 Å². The second-order valence-electron chi connectivity index (χ2n) is 3.84. The number of carbonyl (C=O) groups excluding carboxylic acids is 1.